The van der Waals surface area contributed by atoms with Crippen molar-refractivity contribution >= 4 is 28.6 Å². The Labute approximate surface area is 147 Å². The Morgan fingerprint density at radius 3 is 2.54 bits per heavy atom. The highest BCUT2D eigenvalue weighted by Crippen LogP contribution is 2.26. The van der Waals surface area contributed by atoms with Crippen LogP contribution in [0.1, 0.15) is 5.69 Å². The molecule has 26 heavy (non-hydrogen) atoms. The molecule has 2 aromatic carbocycles. The lowest BCUT2D eigenvalue weighted by Gasteiger charge is -2.07. The van der Waals surface area contributed by atoms with Gasteiger partial charge in [0.05, 0.1) is 16.1 Å². The van der Waals surface area contributed by atoms with Crippen LogP contribution in [0.2, 0.25) is 0 Å². The van der Waals surface area contributed by atoms with Crippen molar-refractivity contribution in [3.63, 3.8) is 0 Å². The van der Waals surface area contributed by atoms with E-state index in [0.717, 1.165) is 5.39 Å². The average Bonchev–Trinajstić information content (AvgIpc) is 2.66. The molecular formula is C18H13N3O5. The Bertz CT molecular complexity index is 999. The second kappa shape index (κ2) is 7.41. The van der Waals surface area contributed by atoms with Crippen LogP contribution in [0.3, 0.4) is 0 Å². The Morgan fingerprint density at radius 1 is 1.12 bits per heavy atom. The van der Waals surface area contributed by atoms with E-state index in [2.05, 4.69) is 4.98 Å². The highest BCUT2D eigenvalue weighted by atomic mass is 16.6. The number of ether oxygens (including phenoxy) is 1. The van der Waals surface area contributed by atoms with Crippen LogP contribution in [0.4, 0.5) is 5.69 Å². The molecule has 0 saturated carbocycles. The van der Waals surface area contributed by atoms with Crippen LogP contribution in [0, 0.1) is 10.1 Å². The van der Waals surface area contributed by atoms with Gasteiger partial charge < -0.3 is 4.74 Å². The van der Waals surface area contributed by atoms with E-state index in [1.54, 1.807) is 24.3 Å². The third-order valence-corrected chi connectivity index (χ3v) is 3.48. The molecule has 0 saturated heterocycles. The van der Waals surface area contributed by atoms with E-state index < -0.39 is 10.8 Å². The summed E-state index contributed by atoms with van der Waals surface area (Å²) in [6, 6.07) is 14.6. The topological polar surface area (TPSA) is 115 Å². The monoisotopic (exact) mass is 351 g/mol. The summed E-state index contributed by atoms with van der Waals surface area (Å²) in [5.41, 5.74) is 2.76. The molecule has 0 radical (unpaired) electrons. The molecule has 0 unspecified atom stereocenters. The molecule has 0 aliphatic heterocycles. The summed E-state index contributed by atoms with van der Waals surface area (Å²) < 4.78 is 5.70. The Balaban J connectivity index is 1.79. The highest BCUT2D eigenvalue weighted by molar-refractivity contribution is 5.91. The van der Waals surface area contributed by atoms with Crippen LogP contribution in [0.25, 0.3) is 17.0 Å². The number of amides is 1. The van der Waals surface area contributed by atoms with Crippen LogP contribution >= 0.6 is 0 Å². The molecule has 0 aliphatic carbocycles. The van der Waals surface area contributed by atoms with Gasteiger partial charge in [0, 0.05) is 23.6 Å². The number of hydrogen-bond donors (Lipinski definition) is 2. The standard InChI is InChI=1S/C18H13N3O5/c22-18(20-23)10-3-13-2-1-12-11-16(8-9-17(12)19-13)26-15-6-4-14(5-7-15)21(24)25/h1-11,23H,(H,20,22)/b10-3+. The first-order chi connectivity index (χ1) is 12.5. The molecule has 3 aromatic rings. The van der Waals surface area contributed by atoms with Gasteiger partial charge in [-0.25, -0.2) is 10.5 Å². The van der Waals surface area contributed by atoms with E-state index >= 15 is 0 Å². The van der Waals surface area contributed by atoms with E-state index in [0.29, 0.717) is 22.7 Å². The predicted octanol–water partition coefficient (Wildman–Crippen LogP) is 3.45. The first-order valence-electron chi connectivity index (χ1n) is 7.50. The zero-order valence-corrected chi connectivity index (χ0v) is 13.3. The Hall–Kier alpha value is -3.78. The molecule has 0 atom stereocenters. The number of nitro groups is 1. The number of nitrogens with zero attached hydrogens (tertiary/aromatic N) is 2. The normalized spacial score (nSPS) is 10.8. The minimum atomic E-state index is -0.640. The van der Waals surface area contributed by atoms with Crippen LogP contribution in [0.5, 0.6) is 11.5 Å². The third-order valence-electron chi connectivity index (χ3n) is 3.48. The average molecular weight is 351 g/mol. The molecule has 130 valence electrons. The highest BCUT2D eigenvalue weighted by Gasteiger charge is 2.06. The van der Waals surface area contributed by atoms with Gasteiger partial charge in [-0.2, -0.15) is 0 Å². The second-order valence-corrected chi connectivity index (χ2v) is 5.25. The number of nitrogens with one attached hydrogen (secondary N) is 1. The molecule has 1 aromatic heterocycles. The SMILES string of the molecule is O=C(/C=C/c1ccc2cc(Oc3ccc([N+](=O)[O-])cc3)ccc2n1)NO. The largest absolute Gasteiger partial charge is 0.457 e. The van der Waals surface area contributed by atoms with Crippen molar-refractivity contribution in [1.82, 2.24) is 10.5 Å². The van der Waals surface area contributed by atoms with Crippen molar-refractivity contribution < 1.29 is 19.7 Å². The summed E-state index contributed by atoms with van der Waals surface area (Å²) >= 11 is 0. The van der Waals surface area contributed by atoms with E-state index in [1.807, 2.05) is 6.07 Å². The van der Waals surface area contributed by atoms with Crippen molar-refractivity contribution in [2.45, 2.75) is 0 Å². The number of benzene rings is 2. The number of hydroxylamine groups is 1. The number of carbonyl (C=O) groups excluding carboxylic acids is 1. The zero-order valence-electron chi connectivity index (χ0n) is 13.3. The molecule has 1 heterocycles. The van der Waals surface area contributed by atoms with Gasteiger partial charge in [-0.05, 0) is 42.5 Å². The number of fused-ring (bicyclic) bond motifs is 1. The first kappa shape index (κ1) is 17.1. The van der Waals surface area contributed by atoms with Crippen molar-refractivity contribution in [1.29, 1.82) is 0 Å². The van der Waals surface area contributed by atoms with Gasteiger partial charge in [-0.1, -0.05) is 6.07 Å². The van der Waals surface area contributed by atoms with Gasteiger partial charge in [-0.15, -0.1) is 0 Å². The van der Waals surface area contributed by atoms with Crippen molar-refractivity contribution in [2.75, 3.05) is 0 Å². The second-order valence-electron chi connectivity index (χ2n) is 5.25. The Kier molecular flexibility index (Phi) is 4.86. The summed E-state index contributed by atoms with van der Waals surface area (Å²) in [5, 5.41) is 20.0. The number of carbonyl (C=O) groups is 1. The molecule has 0 spiro atoms. The van der Waals surface area contributed by atoms with Crippen molar-refractivity contribution in [3.05, 3.63) is 76.5 Å². The molecule has 2 N–H and O–H groups in total. The number of pyridine rings is 1. The minimum absolute atomic E-state index is 0.00414. The van der Waals surface area contributed by atoms with Gasteiger partial charge in [-0.3, -0.25) is 20.1 Å². The predicted molar refractivity (Wildman–Crippen MR) is 93.9 cm³/mol. The number of rotatable bonds is 5. The van der Waals surface area contributed by atoms with Crippen molar-refractivity contribution in [3.8, 4) is 11.5 Å². The molecule has 8 heteroatoms. The summed E-state index contributed by atoms with van der Waals surface area (Å²) in [6.45, 7) is 0. The molecule has 0 bridgehead atoms. The van der Waals surface area contributed by atoms with Gasteiger partial charge in [0.2, 0.25) is 0 Å². The van der Waals surface area contributed by atoms with Crippen LogP contribution in [0.15, 0.2) is 60.7 Å². The van der Waals surface area contributed by atoms with E-state index in [1.165, 1.54) is 41.9 Å². The van der Waals surface area contributed by atoms with E-state index in [-0.39, 0.29) is 5.69 Å². The lowest BCUT2D eigenvalue weighted by atomic mass is 10.2. The van der Waals surface area contributed by atoms with Gasteiger partial charge in [0.25, 0.3) is 11.6 Å². The van der Waals surface area contributed by atoms with E-state index in [4.69, 9.17) is 9.94 Å². The summed E-state index contributed by atoms with van der Waals surface area (Å²) in [7, 11) is 0. The fourth-order valence-electron chi connectivity index (χ4n) is 2.25. The van der Waals surface area contributed by atoms with E-state index in [9.17, 15) is 14.9 Å². The zero-order chi connectivity index (χ0) is 18.5. The maximum absolute atomic E-state index is 11.0. The van der Waals surface area contributed by atoms with Crippen molar-refractivity contribution in [2.24, 2.45) is 0 Å². The third kappa shape index (κ3) is 4.00. The summed E-state index contributed by atoms with van der Waals surface area (Å²) in [5.74, 6) is 0.410. The van der Waals surface area contributed by atoms with Gasteiger partial charge in [0.1, 0.15) is 11.5 Å². The summed E-state index contributed by atoms with van der Waals surface area (Å²) in [4.78, 5) is 25.6. The number of aromatic nitrogens is 1. The molecule has 1 amide bonds. The molecule has 8 nitrogen and oxygen atoms in total. The fourth-order valence-corrected chi connectivity index (χ4v) is 2.25. The van der Waals surface area contributed by atoms with Gasteiger partial charge >= 0.3 is 0 Å². The lowest BCUT2D eigenvalue weighted by Crippen LogP contribution is -2.14. The minimum Gasteiger partial charge on any atom is -0.457 e. The fraction of sp³-hybridized carbons (Fsp3) is 0. The molecule has 3 rings (SSSR count). The molecule has 0 fully saturated rings. The Morgan fingerprint density at radius 2 is 1.85 bits per heavy atom. The first-order valence-corrected chi connectivity index (χ1v) is 7.50. The maximum atomic E-state index is 11.0. The van der Waals surface area contributed by atoms with Crippen LogP contribution in [-0.4, -0.2) is 21.0 Å². The number of nitro benzene ring substituents is 1. The van der Waals surface area contributed by atoms with Crippen LogP contribution in [-0.2, 0) is 4.79 Å². The summed E-state index contributed by atoms with van der Waals surface area (Å²) in [6.07, 6.45) is 2.65. The maximum Gasteiger partial charge on any atom is 0.269 e. The molecular weight excluding hydrogens is 338 g/mol. The van der Waals surface area contributed by atoms with Gasteiger partial charge in [0.15, 0.2) is 0 Å². The lowest BCUT2D eigenvalue weighted by molar-refractivity contribution is -0.384. The number of non-ortho nitro benzene ring substituents is 1. The quantitative estimate of drug-likeness (QED) is 0.315. The van der Waals surface area contributed by atoms with Crippen LogP contribution < -0.4 is 10.2 Å². The number of hydrogen-bond acceptors (Lipinski definition) is 6. The smallest absolute Gasteiger partial charge is 0.269 e. The molecule has 0 aliphatic rings.